The fraction of sp³-hybridized carbons (Fsp3) is 0.545. The van der Waals surface area contributed by atoms with Gasteiger partial charge >= 0.3 is 5.97 Å². The second-order valence-electron chi connectivity index (χ2n) is 5.11. The number of hydrogen-bond acceptors (Lipinski definition) is 10. The summed E-state index contributed by atoms with van der Waals surface area (Å²) >= 11 is 0. The molecule has 6 N–H and O–H groups in total. The van der Waals surface area contributed by atoms with Gasteiger partial charge in [-0.2, -0.15) is 9.98 Å². The number of hydrogen-bond donors (Lipinski definition) is 5. The first kappa shape index (κ1) is 15.5. The summed E-state index contributed by atoms with van der Waals surface area (Å²) in [4.78, 5) is 35.2. The molecule has 0 aliphatic carbocycles. The lowest BCUT2D eigenvalue weighted by Gasteiger charge is -2.30. The molecule has 3 aliphatic rings. The zero-order valence-electron chi connectivity index (χ0n) is 11.5. The van der Waals surface area contributed by atoms with Crippen molar-refractivity contribution in [2.24, 2.45) is 20.7 Å². The maximum Gasteiger partial charge on any atom is 0.349 e. The van der Waals surface area contributed by atoms with E-state index in [2.05, 4.69) is 15.0 Å². The SMILES string of the molecule is NC1=NC(=O)C2(C(=O)O)N=CN([C@@H]3O[C@H](CO)[C@@H](O)[C@H]3O)C2=N1. The maximum atomic E-state index is 12.0. The number of aliphatic hydroxyl groups excluding tert-OH is 3. The van der Waals surface area contributed by atoms with Gasteiger partial charge < -0.3 is 30.9 Å². The Morgan fingerprint density at radius 3 is 2.65 bits per heavy atom. The number of carbonyl (C=O) groups excluding carboxylic acids is 1. The van der Waals surface area contributed by atoms with Gasteiger partial charge in [-0.05, 0) is 0 Å². The van der Waals surface area contributed by atoms with E-state index >= 15 is 0 Å². The Labute approximate surface area is 128 Å². The van der Waals surface area contributed by atoms with E-state index in [-0.39, 0.29) is 0 Å². The van der Waals surface area contributed by atoms with Crippen LogP contribution in [0.5, 0.6) is 0 Å². The van der Waals surface area contributed by atoms with Crippen molar-refractivity contribution in [1.29, 1.82) is 0 Å². The third-order valence-corrected chi connectivity index (χ3v) is 3.79. The van der Waals surface area contributed by atoms with E-state index in [0.717, 1.165) is 11.2 Å². The molecule has 124 valence electrons. The van der Waals surface area contributed by atoms with Crippen LogP contribution in [0.4, 0.5) is 0 Å². The van der Waals surface area contributed by atoms with Gasteiger partial charge in [0.05, 0.1) is 12.9 Å². The Balaban J connectivity index is 2.01. The molecule has 1 fully saturated rings. The van der Waals surface area contributed by atoms with Crippen molar-refractivity contribution < 1.29 is 34.8 Å². The van der Waals surface area contributed by atoms with Gasteiger partial charge in [-0.15, -0.1) is 0 Å². The fourth-order valence-corrected chi connectivity index (χ4v) is 2.59. The number of amidine groups is 1. The monoisotopic (exact) mass is 327 g/mol. The van der Waals surface area contributed by atoms with Crippen LogP contribution >= 0.6 is 0 Å². The summed E-state index contributed by atoms with van der Waals surface area (Å²) < 4.78 is 5.28. The molecule has 0 aromatic carbocycles. The first-order chi connectivity index (χ1) is 10.8. The molecule has 3 heterocycles. The van der Waals surface area contributed by atoms with Crippen LogP contribution in [0, 0.1) is 0 Å². The van der Waals surface area contributed by atoms with Gasteiger partial charge in [0.1, 0.15) is 18.3 Å². The van der Waals surface area contributed by atoms with Gasteiger partial charge in [0.2, 0.25) is 5.96 Å². The van der Waals surface area contributed by atoms with E-state index in [9.17, 15) is 24.9 Å². The molecule has 0 aromatic heterocycles. The standard InChI is InChI=1S/C11H13N5O7/c12-10-14-7-11(9(21)22,8(20)15-10)13-2-16(7)6-5(19)4(18)3(1-17)23-6/h2-6,17-19H,1H2,(H,21,22)(H2,12,15,20)/t3-,4-,5-,6-,11?/m1/s1. The van der Waals surface area contributed by atoms with E-state index in [1.54, 1.807) is 0 Å². The number of carboxylic acid groups (broad SMARTS) is 1. The number of aliphatic carboxylic acids is 1. The van der Waals surface area contributed by atoms with E-state index in [4.69, 9.17) is 15.6 Å². The number of carbonyl (C=O) groups is 2. The molecule has 12 nitrogen and oxygen atoms in total. The predicted molar refractivity (Wildman–Crippen MR) is 72.5 cm³/mol. The van der Waals surface area contributed by atoms with E-state index in [0.29, 0.717) is 0 Å². The molecule has 3 rings (SSSR count). The number of nitrogens with zero attached hydrogens (tertiary/aromatic N) is 4. The van der Waals surface area contributed by atoms with Gasteiger partial charge in [-0.25, -0.2) is 9.79 Å². The van der Waals surface area contributed by atoms with Gasteiger partial charge in [-0.3, -0.25) is 9.69 Å². The number of rotatable bonds is 3. The largest absolute Gasteiger partial charge is 0.479 e. The summed E-state index contributed by atoms with van der Waals surface area (Å²) in [6, 6.07) is 0. The molecule has 0 spiro atoms. The molecule has 5 atom stereocenters. The number of ether oxygens (including phenoxy) is 1. The molecule has 0 saturated carbocycles. The van der Waals surface area contributed by atoms with Gasteiger partial charge in [-0.1, -0.05) is 0 Å². The molecule has 1 unspecified atom stereocenters. The maximum absolute atomic E-state index is 12.0. The van der Waals surface area contributed by atoms with Crippen molar-refractivity contribution in [3.8, 4) is 0 Å². The summed E-state index contributed by atoms with van der Waals surface area (Å²) in [5.74, 6) is -3.64. The van der Waals surface area contributed by atoms with Crippen molar-refractivity contribution in [3.05, 3.63) is 0 Å². The van der Waals surface area contributed by atoms with Crippen LogP contribution in [0.25, 0.3) is 0 Å². The summed E-state index contributed by atoms with van der Waals surface area (Å²) in [5, 5.41) is 38.3. The van der Waals surface area contributed by atoms with Crippen LogP contribution in [0.2, 0.25) is 0 Å². The van der Waals surface area contributed by atoms with Crippen molar-refractivity contribution in [2.45, 2.75) is 30.1 Å². The molecule has 3 aliphatic heterocycles. The number of aliphatic hydroxyl groups is 3. The molecule has 1 saturated heterocycles. The number of fused-ring (bicyclic) bond motifs is 1. The zero-order valence-corrected chi connectivity index (χ0v) is 11.5. The van der Waals surface area contributed by atoms with E-state index in [1.165, 1.54) is 0 Å². The number of guanidine groups is 1. The Kier molecular flexibility index (Phi) is 3.40. The average molecular weight is 327 g/mol. The van der Waals surface area contributed by atoms with E-state index < -0.39 is 60.4 Å². The number of nitrogens with two attached hydrogens (primary N) is 1. The highest BCUT2D eigenvalue weighted by atomic mass is 16.6. The topological polar surface area (TPSA) is 191 Å². The normalized spacial score (nSPS) is 39.3. The Bertz CT molecular complexity index is 661. The van der Waals surface area contributed by atoms with Crippen LogP contribution in [-0.4, -0.2) is 92.0 Å². The predicted octanol–water partition coefficient (Wildman–Crippen LogP) is -4.15. The quantitative estimate of drug-likeness (QED) is 0.320. The first-order valence-corrected chi connectivity index (χ1v) is 6.50. The minimum atomic E-state index is -2.41. The molecule has 0 bridgehead atoms. The van der Waals surface area contributed by atoms with Crippen LogP contribution in [0.15, 0.2) is 15.0 Å². The summed E-state index contributed by atoms with van der Waals surface area (Å²) in [5.41, 5.74) is 2.98. The van der Waals surface area contributed by atoms with Crippen LogP contribution in [-0.2, 0) is 14.3 Å². The highest BCUT2D eigenvalue weighted by Gasteiger charge is 2.61. The number of amides is 1. The summed E-state index contributed by atoms with van der Waals surface area (Å²) in [6.45, 7) is -0.571. The lowest BCUT2D eigenvalue weighted by atomic mass is 9.97. The third-order valence-electron chi connectivity index (χ3n) is 3.79. The molecular formula is C11H13N5O7. The second-order valence-corrected chi connectivity index (χ2v) is 5.11. The zero-order chi connectivity index (χ0) is 16.9. The van der Waals surface area contributed by atoms with Gasteiger partial charge in [0.25, 0.3) is 11.4 Å². The van der Waals surface area contributed by atoms with Crippen molar-refractivity contribution in [2.75, 3.05) is 6.61 Å². The van der Waals surface area contributed by atoms with Crippen molar-refractivity contribution in [3.63, 3.8) is 0 Å². The van der Waals surface area contributed by atoms with Crippen LogP contribution in [0.1, 0.15) is 0 Å². The summed E-state index contributed by atoms with van der Waals surface area (Å²) in [6.07, 6.45) is -4.36. The molecule has 0 aromatic rings. The highest BCUT2D eigenvalue weighted by molar-refractivity contribution is 6.36. The van der Waals surface area contributed by atoms with Crippen molar-refractivity contribution >= 4 is 30.0 Å². The molecule has 1 amide bonds. The van der Waals surface area contributed by atoms with Crippen LogP contribution < -0.4 is 5.73 Å². The lowest BCUT2D eigenvalue weighted by molar-refractivity contribution is -0.144. The Hall–Kier alpha value is -2.41. The third kappa shape index (κ3) is 1.96. The summed E-state index contributed by atoms with van der Waals surface area (Å²) in [7, 11) is 0. The van der Waals surface area contributed by atoms with Crippen LogP contribution in [0.3, 0.4) is 0 Å². The average Bonchev–Trinajstić information content (AvgIpc) is 3.00. The molecule has 12 heteroatoms. The Morgan fingerprint density at radius 2 is 2.09 bits per heavy atom. The minimum absolute atomic E-state index is 0.405. The molecule has 0 radical (unpaired) electrons. The minimum Gasteiger partial charge on any atom is -0.479 e. The Morgan fingerprint density at radius 1 is 1.39 bits per heavy atom. The smallest absolute Gasteiger partial charge is 0.349 e. The van der Waals surface area contributed by atoms with Gasteiger partial charge in [0, 0.05) is 0 Å². The van der Waals surface area contributed by atoms with Gasteiger partial charge in [0.15, 0.2) is 12.1 Å². The first-order valence-electron chi connectivity index (χ1n) is 6.50. The number of carboxylic acids is 1. The highest BCUT2D eigenvalue weighted by Crippen LogP contribution is 2.32. The van der Waals surface area contributed by atoms with E-state index in [1.807, 2.05) is 0 Å². The lowest BCUT2D eigenvalue weighted by Crippen LogP contribution is -2.58. The second kappa shape index (κ2) is 5.06. The molecule has 23 heavy (non-hydrogen) atoms. The number of aliphatic imine (C=N–C) groups is 3. The molecular weight excluding hydrogens is 314 g/mol. The fourth-order valence-electron chi connectivity index (χ4n) is 2.59. The van der Waals surface area contributed by atoms with Crippen molar-refractivity contribution in [1.82, 2.24) is 4.90 Å².